The Balaban J connectivity index is 0.000000149. The fourth-order valence-electron chi connectivity index (χ4n) is 13.0. The zero-order chi connectivity index (χ0) is 94.4. The van der Waals surface area contributed by atoms with Crippen molar-refractivity contribution in [3.8, 4) is 79.3 Å². The van der Waals surface area contributed by atoms with Crippen molar-refractivity contribution < 1.29 is 89.0 Å². The molecule has 0 saturated heterocycles. The molecule has 0 aliphatic carbocycles. The zero-order valence-electron chi connectivity index (χ0n) is 71.4. The number of hydrogen-bond donors (Lipinski definition) is 8. The first kappa shape index (κ1) is 95.6. The molecule has 0 bridgehead atoms. The largest absolute Gasteiger partial charge is 0.497 e. The van der Waals surface area contributed by atoms with Gasteiger partial charge in [-0.05, 0) is 304 Å². The summed E-state index contributed by atoms with van der Waals surface area (Å²) in [6.07, 6.45) is 14.1. The third-order valence-corrected chi connectivity index (χ3v) is 20.7. The van der Waals surface area contributed by atoms with Gasteiger partial charge in [-0.1, -0.05) is 59.6 Å². The van der Waals surface area contributed by atoms with Gasteiger partial charge in [0.25, 0.3) is 0 Å². The molecule has 0 saturated carbocycles. The molecule has 16 rings (SSSR count). The molecule has 0 amide bonds. The predicted octanol–water partition coefficient (Wildman–Crippen LogP) is 21.9. The summed E-state index contributed by atoms with van der Waals surface area (Å²) in [6, 6.07) is 53.9. The number of H-pyrrole nitrogens is 5. The number of nitrogens with zero attached hydrogens (tertiary/aromatic N) is 5. The second kappa shape index (κ2) is 44.5. The van der Waals surface area contributed by atoms with Gasteiger partial charge in [0.2, 0.25) is 6.79 Å². The minimum absolute atomic E-state index is 0.00325. The van der Waals surface area contributed by atoms with Crippen LogP contribution in [0.3, 0.4) is 0 Å². The Labute approximate surface area is 761 Å². The standard InChI is InChI=1S/C22H21FN2O4.C21H19FN2O3.C20H15FN2O3.C19H13Cl2FN2O.C19H13F3N2O/c1-13-3-5-17(19(23)7-13)21(28)6-4-16-10-20(25-24-16)14-8-15(11-26)18(12-27)22(9-14)29-2;1-13-3-5-18(19(22)7-13)21(26)6-4-16-11-20(24-23-16)15-8-14(12-25)9-17(10-15)27-2;1-12-2-5-15(16(21)8-12)18(24)6-4-14-10-17(23-22-14)13-3-7-19-20(9-13)26-11-25-19;1-11-2-5-14(17(22)8-11)19(25)7-4-13-10-18(24-23-13)12-3-6-15(20)16(21)9-12;1-11-2-5-14(16(21)8-11)19(25)7-4-13-10-18(24-23-13)12-3-6-15(20)17(22)9-12/h3-10,26-27H,11-12H2,1-2H3,(H,24,25);3-11,25H,12H2,1-2H3,(H,23,24);2-10H,11H2,1H3,(H,22,23);2*2-10H,1H3,(H,23,24)/b3*6-4+;2*7-4+. The van der Waals surface area contributed by atoms with E-state index in [4.69, 9.17) is 42.1 Å². The molecule has 6 heterocycles. The molecule has 132 heavy (non-hydrogen) atoms. The summed E-state index contributed by atoms with van der Waals surface area (Å²) in [5.74, 6) is -4.38. The van der Waals surface area contributed by atoms with E-state index in [2.05, 4.69) is 51.0 Å². The van der Waals surface area contributed by atoms with Gasteiger partial charge in [-0.25, -0.2) is 30.7 Å². The van der Waals surface area contributed by atoms with E-state index in [0.717, 1.165) is 56.6 Å². The highest BCUT2D eigenvalue weighted by Gasteiger charge is 2.21. The van der Waals surface area contributed by atoms with Gasteiger partial charge in [0.1, 0.15) is 40.6 Å². The average Bonchev–Trinajstić information content (AvgIpc) is 1.79. The van der Waals surface area contributed by atoms with Crippen LogP contribution in [0.4, 0.5) is 30.7 Å². The van der Waals surface area contributed by atoms with Crippen LogP contribution in [0.25, 0.3) is 86.7 Å². The normalized spacial score (nSPS) is 11.5. The zero-order valence-corrected chi connectivity index (χ0v) is 72.9. The van der Waals surface area contributed by atoms with E-state index in [1.807, 2.05) is 18.2 Å². The van der Waals surface area contributed by atoms with Gasteiger partial charge in [-0.3, -0.25) is 49.5 Å². The van der Waals surface area contributed by atoms with Gasteiger partial charge in [0, 0.05) is 33.4 Å². The van der Waals surface area contributed by atoms with Gasteiger partial charge < -0.3 is 34.3 Å². The number of aliphatic hydroxyl groups is 3. The highest BCUT2D eigenvalue weighted by molar-refractivity contribution is 6.42. The Morgan fingerprint density at radius 2 is 0.689 bits per heavy atom. The van der Waals surface area contributed by atoms with E-state index < -0.39 is 69.6 Å². The van der Waals surface area contributed by atoms with Crippen molar-refractivity contribution in [2.45, 2.75) is 54.4 Å². The molecule has 15 aromatic rings. The van der Waals surface area contributed by atoms with E-state index in [-0.39, 0.29) is 54.4 Å². The minimum Gasteiger partial charge on any atom is -0.497 e. The van der Waals surface area contributed by atoms with Crippen LogP contribution in [0, 0.1) is 75.3 Å². The fourth-order valence-corrected chi connectivity index (χ4v) is 13.3. The number of aromatic amines is 5. The topological polar surface area (TPSA) is 326 Å². The fraction of sp³-hybridized carbons (Fsp3) is 0.109. The second-order valence-electron chi connectivity index (χ2n) is 29.6. The van der Waals surface area contributed by atoms with Crippen molar-refractivity contribution in [3.63, 3.8) is 0 Å². The SMILES string of the molecule is COc1cc(-c2cc(/C=C/C(=O)c3ccc(C)cc3F)[nH]n2)cc(CO)c1CO.COc1cc(CO)cc(-c2cc(/C=C/C(=O)c3ccc(C)cc3F)[nH]n2)c1.Cc1ccc(C(=O)/C=C/c2cc(-c3ccc(Cl)c(Cl)c3)n[nH]2)c(F)c1.Cc1ccc(C(=O)/C=C/c2cc(-c3ccc(F)c(F)c3)n[nH]2)c(F)c1.Cc1ccc(C(=O)/C=C/c2cc(-c3ccc4c(c3)OCO4)n[nH]2)c(F)c1. The molecule has 1 aliphatic heterocycles. The second-order valence-corrected chi connectivity index (χ2v) is 30.4. The molecule has 8 N–H and O–H groups in total. The van der Waals surface area contributed by atoms with Crippen molar-refractivity contribution in [1.29, 1.82) is 0 Å². The van der Waals surface area contributed by atoms with Gasteiger partial charge >= 0.3 is 0 Å². The molecule has 1 aliphatic rings. The molecule has 0 fully saturated rings. The van der Waals surface area contributed by atoms with Gasteiger partial charge in [0.15, 0.2) is 52.0 Å². The Morgan fingerprint density at radius 3 is 1.03 bits per heavy atom. The number of ether oxygens (including phenoxy) is 4. The highest BCUT2D eigenvalue weighted by Crippen LogP contribution is 2.37. The van der Waals surface area contributed by atoms with Crippen LogP contribution in [-0.4, -0.2) is 116 Å². The van der Waals surface area contributed by atoms with Crippen LogP contribution in [0.1, 0.15) is 125 Å². The number of aryl methyl sites for hydroxylation is 5. The maximum atomic E-state index is 13.9. The maximum Gasteiger partial charge on any atom is 0.231 e. The van der Waals surface area contributed by atoms with Crippen LogP contribution >= 0.6 is 23.2 Å². The average molecular weight is 1830 g/mol. The van der Waals surface area contributed by atoms with E-state index >= 15 is 0 Å². The molecule has 0 atom stereocenters. The lowest BCUT2D eigenvalue weighted by Gasteiger charge is -2.12. The van der Waals surface area contributed by atoms with E-state index in [1.165, 1.54) is 116 Å². The van der Waals surface area contributed by atoms with Crippen molar-refractivity contribution in [3.05, 3.63) is 388 Å². The number of aromatic nitrogens is 10. The Kier molecular flexibility index (Phi) is 32.2. The monoisotopic (exact) mass is 1830 g/mol. The number of methoxy groups -OCH3 is 2. The molecule has 0 radical (unpaired) electrons. The quantitative estimate of drug-likeness (QED) is 0.0150. The number of nitrogens with one attached hydrogen (secondary N) is 5. The Hall–Kier alpha value is -15.5. The third kappa shape index (κ3) is 25.1. The van der Waals surface area contributed by atoms with Gasteiger partial charge in [-0.2, -0.15) is 25.5 Å². The number of aliphatic hydroxyl groups excluding tert-OH is 3. The van der Waals surface area contributed by atoms with E-state index in [0.29, 0.717) is 118 Å². The number of ketones is 5. The number of halogens is 9. The smallest absolute Gasteiger partial charge is 0.231 e. The number of allylic oxidation sites excluding steroid dienone is 5. The number of rotatable bonds is 25. The van der Waals surface area contributed by atoms with Crippen molar-refractivity contribution >= 4 is 82.5 Å². The first-order valence-corrected chi connectivity index (χ1v) is 40.9. The molecule has 0 spiro atoms. The van der Waals surface area contributed by atoms with E-state index in [9.17, 15) is 70.0 Å². The molecule has 10 aromatic carbocycles. The molecular formula is C101H81Cl2F7N10O12. The predicted molar refractivity (Wildman–Crippen MR) is 490 cm³/mol. The lowest BCUT2D eigenvalue weighted by atomic mass is 10.0. The van der Waals surface area contributed by atoms with Gasteiger partial charge in [-0.15, -0.1) is 0 Å². The summed E-state index contributed by atoms with van der Waals surface area (Å²) in [6.45, 7) is 8.38. The molecule has 0 unspecified atom stereocenters. The number of fused-ring (bicyclic) bond motifs is 1. The first-order chi connectivity index (χ1) is 63.4. The number of hydrogen-bond acceptors (Lipinski definition) is 17. The van der Waals surface area contributed by atoms with Crippen LogP contribution in [-0.2, 0) is 19.8 Å². The lowest BCUT2D eigenvalue weighted by molar-refractivity contribution is 0.103. The summed E-state index contributed by atoms with van der Waals surface area (Å²) < 4.78 is 117. The van der Waals surface area contributed by atoms with Crippen LogP contribution in [0.15, 0.2) is 237 Å². The Bertz CT molecular complexity index is 6760. The summed E-state index contributed by atoms with van der Waals surface area (Å²) in [5.41, 5.74) is 14.9. The number of carbonyl (C=O) groups excluding carboxylic acids is 5. The van der Waals surface area contributed by atoms with Crippen molar-refractivity contribution in [1.82, 2.24) is 51.0 Å². The summed E-state index contributed by atoms with van der Waals surface area (Å²) in [4.78, 5) is 60.8. The Morgan fingerprint density at radius 1 is 0.341 bits per heavy atom. The summed E-state index contributed by atoms with van der Waals surface area (Å²) >= 11 is 11.9. The summed E-state index contributed by atoms with van der Waals surface area (Å²) in [5, 5.41) is 64.1. The molecule has 5 aromatic heterocycles. The maximum absolute atomic E-state index is 13.9. The summed E-state index contributed by atoms with van der Waals surface area (Å²) in [7, 11) is 3.03. The van der Waals surface area contributed by atoms with Crippen LogP contribution < -0.4 is 18.9 Å². The van der Waals surface area contributed by atoms with Crippen molar-refractivity contribution in [2.24, 2.45) is 0 Å². The molecule has 31 heteroatoms. The lowest BCUT2D eigenvalue weighted by Crippen LogP contribution is -1.99. The minimum atomic E-state index is -0.970. The third-order valence-electron chi connectivity index (χ3n) is 19.9. The molecule has 22 nitrogen and oxygen atoms in total. The van der Waals surface area contributed by atoms with E-state index in [1.54, 1.807) is 169 Å². The molecule has 670 valence electrons. The highest BCUT2D eigenvalue weighted by atomic mass is 35.5. The molecular weight excluding hydrogens is 1750 g/mol. The van der Waals surface area contributed by atoms with Crippen LogP contribution in [0.2, 0.25) is 10.0 Å². The van der Waals surface area contributed by atoms with Crippen LogP contribution in [0.5, 0.6) is 23.0 Å². The van der Waals surface area contributed by atoms with Crippen molar-refractivity contribution in [2.75, 3.05) is 21.0 Å². The van der Waals surface area contributed by atoms with Gasteiger partial charge in [0.05, 0.1) is 129 Å². The number of carbonyl (C=O) groups is 5. The number of benzene rings is 10. The first-order valence-electron chi connectivity index (χ1n) is 40.2.